The second-order valence-corrected chi connectivity index (χ2v) is 10.8. The van der Waals surface area contributed by atoms with Crippen molar-refractivity contribution >= 4 is 27.8 Å². The Bertz CT molecular complexity index is 1330. The van der Waals surface area contributed by atoms with Gasteiger partial charge in [0.05, 0.1) is 58.1 Å². The molecule has 3 radical (unpaired) electrons. The number of hydrogen-bond acceptors (Lipinski definition) is 7. The Morgan fingerprint density at radius 2 is 2.05 bits per heavy atom. The predicted octanol–water partition coefficient (Wildman–Crippen LogP) is 3.22. The number of carbonyl (C=O) groups is 1. The molecule has 38 heavy (non-hydrogen) atoms. The van der Waals surface area contributed by atoms with Gasteiger partial charge in [-0.25, -0.2) is 18.8 Å². The highest BCUT2D eigenvalue weighted by atomic mass is 28.1. The molecule has 4 heterocycles. The van der Waals surface area contributed by atoms with Crippen molar-refractivity contribution in [2.75, 3.05) is 6.61 Å². The van der Waals surface area contributed by atoms with Crippen LogP contribution in [0, 0.1) is 0 Å². The molecule has 2 saturated heterocycles. The molecule has 2 aromatic rings. The first-order chi connectivity index (χ1) is 18.1. The third kappa shape index (κ3) is 3.69. The predicted molar refractivity (Wildman–Crippen MR) is 129 cm³/mol. The number of alkyl halides is 4. The number of ether oxygens (including phenoxy) is 2. The van der Waals surface area contributed by atoms with E-state index in [4.69, 9.17) is 10.5 Å². The fraction of sp³-hybridized carbons (Fsp3) is 0.480. The number of nitrogens with two attached hydrogens (primary N) is 1. The van der Waals surface area contributed by atoms with E-state index in [2.05, 4.69) is 25.0 Å². The van der Waals surface area contributed by atoms with Gasteiger partial charge < -0.3 is 25.0 Å². The van der Waals surface area contributed by atoms with Crippen LogP contribution >= 0.6 is 0 Å². The third-order valence-electron chi connectivity index (χ3n) is 7.87. The molecule has 1 amide bonds. The number of benzene rings is 1. The van der Waals surface area contributed by atoms with Crippen molar-refractivity contribution in [3.05, 3.63) is 52.8 Å². The molecule has 0 saturated carbocycles. The maximum absolute atomic E-state index is 14.1. The van der Waals surface area contributed by atoms with E-state index in [1.165, 1.54) is 23.2 Å². The fourth-order valence-electron chi connectivity index (χ4n) is 6.28. The van der Waals surface area contributed by atoms with Gasteiger partial charge >= 0.3 is 6.61 Å². The number of aromatic nitrogens is 1. The zero-order chi connectivity index (χ0) is 26.9. The summed E-state index contributed by atoms with van der Waals surface area (Å²) >= 11 is 0. The molecule has 4 aliphatic rings. The van der Waals surface area contributed by atoms with E-state index in [1.807, 2.05) is 6.92 Å². The molecule has 0 unspecified atom stereocenters. The number of rotatable bonds is 4. The smallest absolute Gasteiger partial charge is 0.387 e. The van der Waals surface area contributed by atoms with Crippen molar-refractivity contribution in [2.24, 2.45) is 10.7 Å². The van der Waals surface area contributed by atoms with E-state index in [-0.39, 0.29) is 42.4 Å². The Labute approximate surface area is 219 Å². The average molecular weight is 547 g/mol. The molecule has 3 aliphatic heterocycles. The molecule has 2 fully saturated rings. The summed E-state index contributed by atoms with van der Waals surface area (Å²) < 4.78 is 63.4. The lowest BCUT2D eigenvalue weighted by Gasteiger charge is -2.50. The SMILES string of the molecule is C[C@@H]1CO[C@@H]2Cc3cc(OC(F)F)ccc3[C@]2([Si])N1C(=O)c1cc2c(cn1)N=C(N)N1[C@@H]2CC[C@@H]1C(F)F. The number of amides is 1. The Kier molecular flexibility index (Phi) is 5.90. The highest BCUT2D eigenvalue weighted by molar-refractivity contribution is 6.19. The van der Waals surface area contributed by atoms with Gasteiger partial charge in [-0.05, 0) is 49.1 Å². The number of carbonyl (C=O) groups excluding carboxylic acids is 1. The highest BCUT2D eigenvalue weighted by Crippen LogP contribution is 2.48. The quantitative estimate of drug-likeness (QED) is 0.468. The second kappa shape index (κ2) is 8.94. The van der Waals surface area contributed by atoms with Crippen LogP contribution in [-0.4, -0.2) is 74.7 Å². The third-order valence-corrected chi connectivity index (χ3v) is 8.71. The Balaban J connectivity index is 1.37. The molecule has 1 aromatic heterocycles. The van der Waals surface area contributed by atoms with E-state index in [0.29, 0.717) is 29.7 Å². The first-order valence-corrected chi connectivity index (χ1v) is 12.8. The van der Waals surface area contributed by atoms with E-state index in [9.17, 15) is 22.4 Å². The summed E-state index contributed by atoms with van der Waals surface area (Å²) in [4.78, 5) is 25.8. The zero-order valence-corrected chi connectivity index (χ0v) is 21.3. The van der Waals surface area contributed by atoms with Gasteiger partial charge in [0.25, 0.3) is 12.3 Å². The van der Waals surface area contributed by atoms with Crippen LogP contribution in [-0.2, 0) is 16.3 Å². The van der Waals surface area contributed by atoms with Crippen molar-refractivity contribution in [3.63, 3.8) is 0 Å². The molecule has 5 atom stereocenters. The maximum Gasteiger partial charge on any atom is 0.387 e. The molecule has 199 valence electrons. The van der Waals surface area contributed by atoms with E-state index in [0.717, 1.165) is 5.56 Å². The van der Waals surface area contributed by atoms with Gasteiger partial charge in [0, 0.05) is 12.0 Å². The summed E-state index contributed by atoms with van der Waals surface area (Å²) in [6, 6.07) is 4.41. The van der Waals surface area contributed by atoms with Crippen LogP contribution in [0.4, 0.5) is 23.2 Å². The fourth-order valence-corrected chi connectivity index (χ4v) is 7.03. The number of fused-ring (bicyclic) bond motifs is 6. The zero-order valence-electron chi connectivity index (χ0n) is 20.3. The number of hydrogen-bond donors (Lipinski definition) is 1. The summed E-state index contributed by atoms with van der Waals surface area (Å²) in [6.07, 6.45) is -0.522. The van der Waals surface area contributed by atoms with Gasteiger partial charge in [-0.2, -0.15) is 8.78 Å². The summed E-state index contributed by atoms with van der Waals surface area (Å²) in [6.45, 7) is -0.850. The lowest BCUT2D eigenvalue weighted by Crippen LogP contribution is -2.64. The molecule has 0 bridgehead atoms. The topological polar surface area (TPSA) is 93.3 Å². The summed E-state index contributed by atoms with van der Waals surface area (Å²) in [5.41, 5.74) is 8.66. The average Bonchev–Trinajstić information content (AvgIpc) is 3.43. The Morgan fingerprint density at radius 1 is 1.26 bits per heavy atom. The molecule has 1 aromatic carbocycles. The van der Waals surface area contributed by atoms with Crippen LogP contribution in [0.1, 0.15) is 53.0 Å². The second-order valence-electron chi connectivity index (χ2n) is 10.0. The number of halogens is 4. The first kappa shape index (κ1) is 25.1. The van der Waals surface area contributed by atoms with E-state index < -0.39 is 36.4 Å². The molecule has 6 rings (SSSR count). The van der Waals surface area contributed by atoms with Gasteiger partial charge in [0.2, 0.25) is 0 Å². The molecule has 0 spiro atoms. The molecular weight excluding hydrogens is 522 g/mol. The highest BCUT2D eigenvalue weighted by Gasteiger charge is 2.54. The minimum Gasteiger partial charge on any atom is -0.435 e. The lowest BCUT2D eigenvalue weighted by molar-refractivity contribution is -0.0959. The standard InChI is InChI=1S/C25H24F4N5O3Si/c1-11-10-36-20-7-12-6-13(37-23(28)29)2-3-15(12)25(20,38)34(11)22(35)16-8-14-17(9-31-16)32-24(30)33-18(14)4-5-19(33)21(26)27/h2-3,6,8-9,11,18-21,23H,4-5,7,10H2,1H3,(H2,30,32)/t11-,18-,19-,20-,25-/m1/s1. The normalized spacial score (nSPS) is 29.6. The van der Waals surface area contributed by atoms with Crippen molar-refractivity contribution < 1.29 is 31.8 Å². The van der Waals surface area contributed by atoms with Gasteiger partial charge in [-0.1, -0.05) is 6.07 Å². The van der Waals surface area contributed by atoms with Crippen LogP contribution in [0.3, 0.4) is 0 Å². The molecule has 13 heteroatoms. The van der Waals surface area contributed by atoms with E-state index >= 15 is 0 Å². The number of guanidine groups is 1. The largest absolute Gasteiger partial charge is 0.435 e. The van der Waals surface area contributed by atoms with Gasteiger partial charge in [0.15, 0.2) is 5.96 Å². The molecule has 2 N–H and O–H groups in total. The van der Waals surface area contributed by atoms with Crippen molar-refractivity contribution in [3.8, 4) is 5.75 Å². The minimum atomic E-state index is -2.95. The molecule has 8 nitrogen and oxygen atoms in total. The van der Waals surface area contributed by atoms with Gasteiger partial charge in [-0.3, -0.25) is 4.79 Å². The lowest BCUT2D eigenvalue weighted by atomic mass is 9.98. The Hall–Kier alpha value is -3.19. The minimum absolute atomic E-state index is 0.0210. The van der Waals surface area contributed by atoms with Crippen molar-refractivity contribution in [2.45, 2.75) is 68.6 Å². The van der Waals surface area contributed by atoms with E-state index in [1.54, 1.807) is 17.0 Å². The molecular formula is C25H24F4N5O3Si. The summed E-state index contributed by atoms with van der Waals surface area (Å²) in [5, 5.41) is -1.08. The molecule has 1 aliphatic carbocycles. The van der Waals surface area contributed by atoms with Crippen LogP contribution in [0.25, 0.3) is 0 Å². The van der Waals surface area contributed by atoms with Crippen molar-refractivity contribution in [1.82, 2.24) is 14.8 Å². The van der Waals surface area contributed by atoms with Crippen LogP contribution < -0.4 is 10.5 Å². The number of pyridine rings is 1. The monoisotopic (exact) mass is 546 g/mol. The summed E-state index contributed by atoms with van der Waals surface area (Å²) in [5.74, 6) is -0.340. The number of nitrogens with zero attached hydrogens (tertiary/aromatic N) is 4. The van der Waals surface area contributed by atoms with Crippen LogP contribution in [0.15, 0.2) is 35.5 Å². The van der Waals surface area contributed by atoms with Gasteiger partial charge in [0.1, 0.15) is 11.4 Å². The van der Waals surface area contributed by atoms with Crippen LogP contribution in [0.5, 0.6) is 5.75 Å². The summed E-state index contributed by atoms with van der Waals surface area (Å²) in [7, 11) is 3.86. The van der Waals surface area contributed by atoms with Crippen molar-refractivity contribution in [1.29, 1.82) is 0 Å². The maximum atomic E-state index is 14.1. The Morgan fingerprint density at radius 3 is 2.79 bits per heavy atom. The van der Waals surface area contributed by atoms with Gasteiger partial charge in [-0.15, -0.1) is 0 Å². The van der Waals surface area contributed by atoms with Crippen LogP contribution in [0.2, 0.25) is 0 Å². The first-order valence-electron chi connectivity index (χ1n) is 12.3. The number of aliphatic imine (C=N–C) groups is 1. The number of morpholine rings is 1.